The van der Waals surface area contributed by atoms with Gasteiger partial charge in [-0.2, -0.15) is 0 Å². The lowest BCUT2D eigenvalue weighted by atomic mass is 9.83. The number of methoxy groups -OCH3 is 1. The standard InChI is InChI=1S/C15H31N3O2/c1-12(2)17-15(14(16)19)8-5-6-13(15)7-9-18(3)10-11-20-4/h12-13,17H,5-11H2,1-4H3,(H2,16,19). The maximum atomic E-state index is 12.0. The van der Waals surface area contributed by atoms with Gasteiger partial charge >= 0.3 is 0 Å². The molecule has 5 nitrogen and oxygen atoms in total. The second kappa shape index (κ2) is 7.96. The van der Waals surface area contributed by atoms with Gasteiger partial charge in [-0.1, -0.05) is 6.42 Å². The van der Waals surface area contributed by atoms with E-state index in [-0.39, 0.29) is 11.9 Å². The van der Waals surface area contributed by atoms with E-state index in [1.54, 1.807) is 7.11 Å². The van der Waals surface area contributed by atoms with E-state index in [1.807, 2.05) is 0 Å². The molecule has 1 aliphatic rings. The number of nitrogens with zero attached hydrogens (tertiary/aromatic N) is 1. The Bertz CT molecular complexity index is 309. The first-order valence-electron chi connectivity index (χ1n) is 7.67. The molecule has 0 saturated heterocycles. The highest BCUT2D eigenvalue weighted by Gasteiger charge is 2.47. The predicted octanol–water partition coefficient (Wildman–Crippen LogP) is 0.977. The Labute approximate surface area is 123 Å². The van der Waals surface area contributed by atoms with E-state index in [0.717, 1.165) is 45.4 Å². The van der Waals surface area contributed by atoms with E-state index in [1.165, 1.54) is 0 Å². The first-order chi connectivity index (χ1) is 9.42. The summed E-state index contributed by atoms with van der Waals surface area (Å²) < 4.78 is 5.09. The third kappa shape index (κ3) is 4.43. The Morgan fingerprint density at radius 1 is 1.50 bits per heavy atom. The van der Waals surface area contributed by atoms with Crippen LogP contribution in [0, 0.1) is 5.92 Å². The van der Waals surface area contributed by atoms with Crippen LogP contribution < -0.4 is 11.1 Å². The van der Waals surface area contributed by atoms with E-state index in [2.05, 4.69) is 31.1 Å². The molecule has 1 saturated carbocycles. The van der Waals surface area contributed by atoms with Crippen molar-refractivity contribution in [1.29, 1.82) is 0 Å². The van der Waals surface area contributed by atoms with Crippen LogP contribution in [0.3, 0.4) is 0 Å². The molecular weight excluding hydrogens is 254 g/mol. The van der Waals surface area contributed by atoms with Gasteiger partial charge < -0.3 is 20.7 Å². The summed E-state index contributed by atoms with van der Waals surface area (Å²) in [6, 6.07) is 0.273. The molecule has 0 aromatic carbocycles. The summed E-state index contributed by atoms with van der Waals surface area (Å²) in [5.41, 5.74) is 5.22. The van der Waals surface area contributed by atoms with Gasteiger partial charge in [0.15, 0.2) is 0 Å². The average molecular weight is 285 g/mol. The summed E-state index contributed by atoms with van der Waals surface area (Å²) in [5, 5.41) is 3.45. The Morgan fingerprint density at radius 3 is 2.75 bits per heavy atom. The van der Waals surface area contributed by atoms with Crippen LogP contribution in [0.2, 0.25) is 0 Å². The number of carbonyl (C=O) groups is 1. The fourth-order valence-electron chi connectivity index (χ4n) is 3.30. The van der Waals surface area contributed by atoms with Crippen LogP contribution in [0.15, 0.2) is 0 Å². The van der Waals surface area contributed by atoms with E-state index < -0.39 is 5.54 Å². The SMILES string of the molecule is COCCN(C)CCC1CCCC1(NC(C)C)C(N)=O. The molecular formula is C15H31N3O2. The van der Waals surface area contributed by atoms with Crippen molar-refractivity contribution in [2.45, 2.75) is 51.1 Å². The number of nitrogens with two attached hydrogens (primary N) is 1. The lowest BCUT2D eigenvalue weighted by Gasteiger charge is -2.36. The highest BCUT2D eigenvalue weighted by Crippen LogP contribution is 2.38. The minimum absolute atomic E-state index is 0.187. The summed E-state index contributed by atoms with van der Waals surface area (Å²) >= 11 is 0. The predicted molar refractivity (Wildman–Crippen MR) is 81.5 cm³/mol. The number of carbonyl (C=O) groups excluding carboxylic acids is 1. The summed E-state index contributed by atoms with van der Waals surface area (Å²) in [6.07, 6.45) is 4.03. The first-order valence-corrected chi connectivity index (χ1v) is 7.67. The fraction of sp³-hybridized carbons (Fsp3) is 0.933. The van der Waals surface area contributed by atoms with E-state index >= 15 is 0 Å². The third-order valence-electron chi connectivity index (χ3n) is 4.34. The number of primary amides is 1. The van der Waals surface area contributed by atoms with Crippen LogP contribution in [0.5, 0.6) is 0 Å². The van der Waals surface area contributed by atoms with Crippen LogP contribution in [-0.2, 0) is 9.53 Å². The van der Waals surface area contributed by atoms with Crippen molar-refractivity contribution in [2.75, 3.05) is 33.9 Å². The van der Waals surface area contributed by atoms with Crippen molar-refractivity contribution in [1.82, 2.24) is 10.2 Å². The Balaban J connectivity index is 2.59. The molecule has 1 fully saturated rings. The number of amides is 1. The molecule has 20 heavy (non-hydrogen) atoms. The highest BCUT2D eigenvalue weighted by molar-refractivity contribution is 5.85. The molecule has 3 N–H and O–H groups in total. The maximum absolute atomic E-state index is 12.0. The third-order valence-corrected chi connectivity index (χ3v) is 4.34. The van der Waals surface area contributed by atoms with Crippen LogP contribution in [0.25, 0.3) is 0 Å². The number of ether oxygens (including phenoxy) is 1. The largest absolute Gasteiger partial charge is 0.383 e. The van der Waals surface area contributed by atoms with Gasteiger partial charge in [0.05, 0.1) is 6.61 Å². The minimum Gasteiger partial charge on any atom is -0.383 e. The van der Waals surface area contributed by atoms with Crippen molar-refractivity contribution in [3.8, 4) is 0 Å². The van der Waals surface area contributed by atoms with Gasteiger partial charge in [-0.05, 0) is 52.6 Å². The van der Waals surface area contributed by atoms with Crippen molar-refractivity contribution >= 4 is 5.91 Å². The Morgan fingerprint density at radius 2 is 2.20 bits per heavy atom. The lowest BCUT2D eigenvalue weighted by Crippen LogP contribution is -2.60. The molecule has 1 amide bonds. The quantitative estimate of drug-likeness (QED) is 0.662. The molecule has 2 atom stereocenters. The van der Waals surface area contributed by atoms with Gasteiger partial charge in [0.1, 0.15) is 5.54 Å². The number of rotatable bonds is 9. The molecule has 0 heterocycles. The number of hydrogen-bond acceptors (Lipinski definition) is 4. The number of nitrogens with one attached hydrogen (secondary N) is 1. The molecule has 5 heteroatoms. The van der Waals surface area contributed by atoms with E-state index in [0.29, 0.717) is 5.92 Å². The molecule has 0 aliphatic heterocycles. The molecule has 0 radical (unpaired) electrons. The molecule has 0 bridgehead atoms. The van der Waals surface area contributed by atoms with Gasteiger partial charge in [0.25, 0.3) is 0 Å². The summed E-state index contributed by atoms with van der Waals surface area (Å²) in [4.78, 5) is 14.3. The van der Waals surface area contributed by atoms with Crippen molar-refractivity contribution in [3.05, 3.63) is 0 Å². The maximum Gasteiger partial charge on any atom is 0.238 e. The molecule has 1 rings (SSSR count). The highest BCUT2D eigenvalue weighted by atomic mass is 16.5. The van der Waals surface area contributed by atoms with Crippen LogP contribution in [-0.4, -0.2) is 56.2 Å². The van der Waals surface area contributed by atoms with Crippen LogP contribution in [0.1, 0.15) is 39.5 Å². The monoisotopic (exact) mass is 285 g/mol. The molecule has 118 valence electrons. The normalized spacial score (nSPS) is 26.6. The van der Waals surface area contributed by atoms with E-state index in [4.69, 9.17) is 10.5 Å². The average Bonchev–Trinajstić information content (AvgIpc) is 2.77. The Kier molecular flexibility index (Phi) is 6.92. The Hall–Kier alpha value is -0.650. The first kappa shape index (κ1) is 17.4. The lowest BCUT2D eigenvalue weighted by molar-refractivity contribution is -0.126. The topological polar surface area (TPSA) is 67.6 Å². The van der Waals surface area contributed by atoms with Gasteiger partial charge in [0, 0.05) is 19.7 Å². The summed E-state index contributed by atoms with van der Waals surface area (Å²) in [5.74, 6) is 0.153. The summed E-state index contributed by atoms with van der Waals surface area (Å²) in [7, 11) is 3.81. The van der Waals surface area contributed by atoms with Crippen LogP contribution in [0.4, 0.5) is 0 Å². The van der Waals surface area contributed by atoms with E-state index in [9.17, 15) is 4.79 Å². The second-order valence-electron chi connectivity index (χ2n) is 6.31. The fourth-order valence-corrected chi connectivity index (χ4v) is 3.30. The van der Waals surface area contributed by atoms with Gasteiger partial charge in [-0.3, -0.25) is 4.79 Å². The van der Waals surface area contributed by atoms with Gasteiger partial charge in [0.2, 0.25) is 5.91 Å². The molecule has 0 spiro atoms. The van der Waals surface area contributed by atoms with Crippen LogP contribution >= 0.6 is 0 Å². The number of likely N-dealkylation sites (N-methyl/N-ethyl adjacent to an activating group) is 1. The van der Waals surface area contributed by atoms with Crippen molar-refractivity contribution in [2.24, 2.45) is 11.7 Å². The molecule has 2 unspecified atom stereocenters. The van der Waals surface area contributed by atoms with Gasteiger partial charge in [-0.15, -0.1) is 0 Å². The van der Waals surface area contributed by atoms with Crippen molar-refractivity contribution in [3.63, 3.8) is 0 Å². The molecule has 1 aliphatic carbocycles. The van der Waals surface area contributed by atoms with Gasteiger partial charge in [-0.25, -0.2) is 0 Å². The minimum atomic E-state index is -0.504. The second-order valence-corrected chi connectivity index (χ2v) is 6.31. The smallest absolute Gasteiger partial charge is 0.238 e. The molecule has 0 aromatic heterocycles. The number of hydrogen-bond donors (Lipinski definition) is 2. The summed E-state index contributed by atoms with van der Waals surface area (Å²) in [6.45, 7) is 6.79. The molecule has 0 aromatic rings. The van der Waals surface area contributed by atoms with Crippen molar-refractivity contribution < 1.29 is 9.53 Å². The zero-order valence-corrected chi connectivity index (χ0v) is 13.4. The zero-order valence-electron chi connectivity index (χ0n) is 13.4. The zero-order chi connectivity index (χ0) is 15.2.